The number of rotatable bonds is 10. The minimum absolute atomic E-state index is 0.0561. The second-order valence-corrected chi connectivity index (χ2v) is 11.8. The minimum Gasteiger partial charge on any atom is -0.449 e. The van der Waals surface area contributed by atoms with Gasteiger partial charge in [-0.15, -0.1) is 0 Å². The topological polar surface area (TPSA) is 106 Å². The third kappa shape index (κ3) is 8.27. The summed E-state index contributed by atoms with van der Waals surface area (Å²) in [7, 11) is 0. The molecule has 0 fully saturated rings. The molecule has 3 aromatic carbocycles. The molecular weight excluding hydrogens is 538 g/mol. The summed E-state index contributed by atoms with van der Waals surface area (Å²) in [6, 6.07) is 22.7. The van der Waals surface area contributed by atoms with Gasteiger partial charge < -0.3 is 20.1 Å². The Hall–Kier alpha value is -3.98. The van der Waals surface area contributed by atoms with E-state index in [1.54, 1.807) is 44.7 Å². The number of thioether (sulfide) groups is 1. The highest BCUT2D eigenvalue weighted by molar-refractivity contribution is 7.98. The van der Waals surface area contributed by atoms with Crippen LogP contribution in [-0.2, 0) is 20.8 Å². The van der Waals surface area contributed by atoms with Crippen molar-refractivity contribution in [3.8, 4) is 11.1 Å². The summed E-state index contributed by atoms with van der Waals surface area (Å²) >= 11 is 1.60. The lowest BCUT2D eigenvalue weighted by Gasteiger charge is -2.20. The number of nitrogens with one attached hydrogen (secondary N) is 3. The summed E-state index contributed by atoms with van der Waals surface area (Å²) in [6.45, 7) is 5.85. The first-order valence-electron chi connectivity index (χ1n) is 13.6. The standard InChI is InChI=1S/C32H37N3O5S/c1-32(2,3)40-31(38)34-22-15-13-21(14-16-22)19-33-29(36)28(17-18-41-4)35-30(37)39-20-27-25-11-7-5-9-23(25)24-10-6-8-12-26(24)27/h5-16,27-28H,17-20H2,1-4H3,(H,33,36)(H,34,38)(H,35,37)/t28-/m0/s1. The van der Waals surface area contributed by atoms with Crippen LogP contribution in [0.2, 0.25) is 0 Å². The average molecular weight is 576 g/mol. The Morgan fingerprint density at radius 3 is 2.07 bits per heavy atom. The highest BCUT2D eigenvalue weighted by Crippen LogP contribution is 2.44. The largest absolute Gasteiger partial charge is 0.449 e. The Morgan fingerprint density at radius 1 is 0.878 bits per heavy atom. The molecule has 4 rings (SSSR count). The van der Waals surface area contributed by atoms with Crippen LogP contribution in [0.15, 0.2) is 72.8 Å². The van der Waals surface area contributed by atoms with E-state index in [0.29, 0.717) is 17.9 Å². The zero-order chi connectivity index (χ0) is 29.4. The molecule has 9 heteroatoms. The van der Waals surface area contributed by atoms with Crippen molar-refractivity contribution in [3.63, 3.8) is 0 Å². The fraction of sp³-hybridized carbons (Fsp3) is 0.344. The molecule has 3 amide bonds. The van der Waals surface area contributed by atoms with Crippen LogP contribution in [0.5, 0.6) is 0 Å². The smallest absolute Gasteiger partial charge is 0.412 e. The molecule has 0 bridgehead atoms. The summed E-state index contributed by atoms with van der Waals surface area (Å²) in [4.78, 5) is 37.8. The number of benzene rings is 3. The lowest BCUT2D eigenvalue weighted by molar-refractivity contribution is -0.123. The van der Waals surface area contributed by atoms with Crippen molar-refractivity contribution >= 4 is 35.5 Å². The number of hydrogen-bond donors (Lipinski definition) is 3. The third-order valence-corrected chi connectivity index (χ3v) is 7.27. The molecule has 216 valence electrons. The number of hydrogen-bond acceptors (Lipinski definition) is 6. The number of fused-ring (bicyclic) bond motifs is 3. The van der Waals surface area contributed by atoms with Crippen molar-refractivity contribution in [3.05, 3.63) is 89.5 Å². The molecule has 8 nitrogen and oxygen atoms in total. The molecule has 3 N–H and O–H groups in total. The predicted octanol–water partition coefficient (Wildman–Crippen LogP) is 6.31. The van der Waals surface area contributed by atoms with Crippen LogP contribution in [0.4, 0.5) is 15.3 Å². The number of ether oxygens (including phenoxy) is 2. The van der Waals surface area contributed by atoms with Gasteiger partial charge in [0.1, 0.15) is 18.2 Å². The van der Waals surface area contributed by atoms with Gasteiger partial charge in [0.05, 0.1) is 0 Å². The van der Waals surface area contributed by atoms with E-state index in [0.717, 1.165) is 27.8 Å². The van der Waals surface area contributed by atoms with Crippen molar-refractivity contribution in [2.45, 2.75) is 51.3 Å². The fourth-order valence-corrected chi connectivity index (χ4v) is 5.20. The molecule has 0 aromatic heterocycles. The second-order valence-electron chi connectivity index (χ2n) is 10.8. The van der Waals surface area contributed by atoms with E-state index in [4.69, 9.17) is 9.47 Å². The van der Waals surface area contributed by atoms with Gasteiger partial charge >= 0.3 is 12.2 Å². The third-order valence-electron chi connectivity index (χ3n) is 6.63. The lowest BCUT2D eigenvalue weighted by atomic mass is 9.98. The van der Waals surface area contributed by atoms with E-state index in [-0.39, 0.29) is 25.0 Å². The van der Waals surface area contributed by atoms with E-state index in [1.807, 2.05) is 42.7 Å². The molecule has 0 heterocycles. The summed E-state index contributed by atoms with van der Waals surface area (Å²) in [5, 5.41) is 8.34. The number of carbonyl (C=O) groups excluding carboxylic acids is 3. The van der Waals surface area contributed by atoms with E-state index >= 15 is 0 Å². The SMILES string of the molecule is CSCC[C@H](NC(=O)OCC1c2ccccc2-c2ccccc21)C(=O)NCc1ccc(NC(=O)OC(C)(C)C)cc1. The predicted molar refractivity (Wildman–Crippen MR) is 163 cm³/mol. The molecule has 1 atom stereocenters. The van der Waals surface area contributed by atoms with E-state index < -0.39 is 23.8 Å². The lowest BCUT2D eigenvalue weighted by Crippen LogP contribution is -2.47. The summed E-state index contributed by atoms with van der Waals surface area (Å²) < 4.78 is 10.9. The van der Waals surface area contributed by atoms with Crippen LogP contribution in [0.25, 0.3) is 11.1 Å². The number of carbonyl (C=O) groups is 3. The van der Waals surface area contributed by atoms with Crippen molar-refractivity contribution in [1.29, 1.82) is 0 Å². The second kappa shape index (κ2) is 13.6. The van der Waals surface area contributed by atoms with Gasteiger partial charge in [-0.2, -0.15) is 11.8 Å². The monoisotopic (exact) mass is 575 g/mol. The molecular formula is C32H37N3O5S. The van der Waals surface area contributed by atoms with Gasteiger partial charge in [-0.05, 0) is 79.2 Å². The zero-order valence-electron chi connectivity index (χ0n) is 23.9. The first-order valence-corrected chi connectivity index (χ1v) is 15.0. The Morgan fingerprint density at radius 2 is 1.49 bits per heavy atom. The Labute approximate surface area is 245 Å². The highest BCUT2D eigenvalue weighted by Gasteiger charge is 2.29. The first-order chi connectivity index (χ1) is 19.6. The van der Waals surface area contributed by atoms with Crippen molar-refractivity contribution in [2.75, 3.05) is 23.9 Å². The highest BCUT2D eigenvalue weighted by atomic mass is 32.2. The summed E-state index contributed by atoms with van der Waals surface area (Å²) in [5.41, 5.74) is 5.42. The quantitative estimate of drug-likeness (QED) is 0.262. The number of alkyl carbamates (subject to hydrolysis) is 1. The summed E-state index contributed by atoms with van der Waals surface area (Å²) in [6.07, 6.45) is 1.27. The normalized spacial score (nSPS) is 13.0. The maximum Gasteiger partial charge on any atom is 0.412 e. The van der Waals surface area contributed by atoms with Gasteiger partial charge in [-0.1, -0.05) is 60.7 Å². The Bertz CT molecular complexity index is 1320. The zero-order valence-corrected chi connectivity index (χ0v) is 24.7. The molecule has 0 radical (unpaired) electrons. The fourth-order valence-electron chi connectivity index (χ4n) is 4.73. The van der Waals surface area contributed by atoms with E-state index in [1.165, 1.54) is 0 Å². The van der Waals surface area contributed by atoms with Crippen LogP contribution in [0, 0.1) is 0 Å². The number of amides is 3. The van der Waals surface area contributed by atoms with E-state index in [9.17, 15) is 14.4 Å². The minimum atomic E-state index is -0.730. The maximum absolute atomic E-state index is 13.0. The van der Waals surface area contributed by atoms with Crippen LogP contribution >= 0.6 is 11.8 Å². The molecule has 41 heavy (non-hydrogen) atoms. The van der Waals surface area contributed by atoms with Gasteiger partial charge in [0, 0.05) is 18.2 Å². The Balaban J connectivity index is 1.30. The van der Waals surface area contributed by atoms with Gasteiger partial charge in [0.15, 0.2) is 0 Å². The number of anilines is 1. The van der Waals surface area contributed by atoms with Crippen molar-refractivity contribution < 1.29 is 23.9 Å². The van der Waals surface area contributed by atoms with E-state index in [2.05, 4.69) is 40.2 Å². The van der Waals surface area contributed by atoms with Gasteiger partial charge in [-0.3, -0.25) is 10.1 Å². The molecule has 0 aliphatic heterocycles. The van der Waals surface area contributed by atoms with Gasteiger partial charge in [0.25, 0.3) is 0 Å². The van der Waals surface area contributed by atoms with Crippen LogP contribution < -0.4 is 16.0 Å². The molecule has 3 aromatic rings. The summed E-state index contributed by atoms with van der Waals surface area (Å²) in [5.74, 6) is 0.357. The van der Waals surface area contributed by atoms with Crippen molar-refractivity contribution in [1.82, 2.24) is 10.6 Å². The van der Waals surface area contributed by atoms with Crippen molar-refractivity contribution in [2.24, 2.45) is 0 Å². The average Bonchev–Trinajstić information content (AvgIpc) is 3.26. The maximum atomic E-state index is 13.0. The van der Waals surface area contributed by atoms with Crippen LogP contribution in [-0.4, -0.2) is 48.4 Å². The van der Waals surface area contributed by atoms with Gasteiger partial charge in [0.2, 0.25) is 5.91 Å². The molecule has 0 saturated carbocycles. The molecule has 1 aliphatic rings. The molecule has 1 aliphatic carbocycles. The molecule has 0 unspecified atom stereocenters. The Kier molecular flexibility index (Phi) is 9.94. The van der Waals surface area contributed by atoms with Crippen LogP contribution in [0.3, 0.4) is 0 Å². The molecule has 0 spiro atoms. The van der Waals surface area contributed by atoms with Crippen LogP contribution in [0.1, 0.15) is 49.8 Å². The van der Waals surface area contributed by atoms with Gasteiger partial charge in [-0.25, -0.2) is 9.59 Å². The molecule has 0 saturated heterocycles. The first kappa shape index (κ1) is 30.0.